The third kappa shape index (κ3) is 6.74. The van der Waals surface area contributed by atoms with E-state index in [2.05, 4.69) is 68.9 Å². The number of carbonyl (C=O) groups excluding carboxylic acids is 1. The minimum atomic E-state index is -0.385. The number of amides is 1. The van der Waals surface area contributed by atoms with Crippen molar-refractivity contribution in [1.29, 1.82) is 0 Å². The Morgan fingerprint density at radius 3 is 2.62 bits per heavy atom. The summed E-state index contributed by atoms with van der Waals surface area (Å²) in [6.07, 6.45) is 2.69. The first-order valence-electron chi connectivity index (χ1n) is 17.2. The van der Waals surface area contributed by atoms with Crippen molar-refractivity contribution >= 4 is 28.4 Å². The van der Waals surface area contributed by atoms with E-state index in [1.165, 1.54) is 22.9 Å². The SMILES string of the molecule is [C-]#[N+]C[C@H]1CN(c2nc(OC[C@H]3CCCN3CC)nc3c2CCN(c2cccc4ccccc24)C3)CCN1C(=O)OCc1ccccc1. The highest BCUT2D eigenvalue weighted by Gasteiger charge is 2.36. The van der Waals surface area contributed by atoms with E-state index in [-0.39, 0.29) is 25.3 Å². The van der Waals surface area contributed by atoms with Crippen molar-refractivity contribution in [1.82, 2.24) is 19.8 Å². The molecule has 3 aliphatic heterocycles. The number of fused-ring (bicyclic) bond motifs is 2. The molecule has 10 heteroatoms. The summed E-state index contributed by atoms with van der Waals surface area (Å²) in [6, 6.07) is 25.1. The zero-order chi connectivity index (χ0) is 32.9. The molecule has 10 nitrogen and oxygen atoms in total. The van der Waals surface area contributed by atoms with Gasteiger partial charge in [-0.25, -0.2) is 11.4 Å². The Hall–Kier alpha value is -4.88. The van der Waals surface area contributed by atoms with Crippen LogP contribution in [0, 0.1) is 6.57 Å². The van der Waals surface area contributed by atoms with Gasteiger partial charge >= 0.3 is 12.1 Å². The molecule has 0 radical (unpaired) electrons. The number of ether oxygens (including phenoxy) is 2. The largest absolute Gasteiger partial charge is 0.462 e. The molecule has 7 rings (SSSR count). The quantitative estimate of drug-likeness (QED) is 0.212. The Kier molecular flexibility index (Phi) is 9.57. The molecule has 1 amide bonds. The van der Waals surface area contributed by atoms with E-state index in [1.807, 2.05) is 30.3 Å². The maximum Gasteiger partial charge on any atom is 0.410 e. The van der Waals surface area contributed by atoms with Crippen LogP contribution in [0.25, 0.3) is 15.6 Å². The first-order valence-corrected chi connectivity index (χ1v) is 17.2. The molecule has 0 saturated carbocycles. The second-order valence-corrected chi connectivity index (χ2v) is 12.8. The molecule has 0 spiro atoms. The predicted octanol–water partition coefficient (Wildman–Crippen LogP) is 5.80. The topological polar surface area (TPSA) is 78.6 Å². The number of anilines is 2. The lowest BCUT2D eigenvalue weighted by atomic mass is 10.0. The van der Waals surface area contributed by atoms with E-state index in [1.54, 1.807) is 4.90 Å². The van der Waals surface area contributed by atoms with Crippen LogP contribution in [0.3, 0.4) is 0 Å². The second-order valence-electron chi connectivity index (χ2n) is 12.8. The molecule has 2 atom stereocenters. The molecule has 0 unspecified atom stereocenters. The van der Waals surface area contributed by atoms with Gasteiger partial charge in [-0.2, -0.15) is 9.97 Å². The summed E-state index contributed by atoms with van der Waals surface area (Å²) in [6.45, 7) is 15.9. The predicted molar refractivity (Wildman–Crippen MR) is 187 cm³/mol. The molecule has 3 aromatic carbocycles. The van der Waals surface area contributed by atoms with E-state index < -0.39 is 0 Å². The standard InChI is InChI=1S/C38H43N7O3/c1-3-42-19-10-15-30(42)27-47-37-40-34-25-43(35-17-9-14-29-13-7-8-16-32(29)35)20-18-33(34)36(41-37)44-21-22-45(31(24-44)23-39-2)38(46)48-26-28-11-5-4-6-12-28/h4-9,11-14,16-17,30-31H,3,10,15,18-27H2,1H3/t30-,31+/m1/s1. The van der Waals surface area contributed by atoms with Gasteiger partial charge in [0.15, 0.2) is 0 Å². The third-order valence-electron chi connectivity index (χ3n) is 9.96. The summed E-state index contributed by atoms with van der Waals surface area (Å²) in [7, 11) is 0. The lowest BCUT2D eigenvalue weighted by Crippen LogP contribution is -2.57. The first-order chi connectivity index (χ1) is 23.6. The van der Waals surface area contributed by atoms with E-state index >= 15 is 0 Å². The summed E-state index contributed by atoms with van der Waals surface area (Å²) in [5.74, 6) is 0.860. The number of aromatic nitrogens is 2. The maximum atomic E-state index is 13.2. The summed E-state index contributed by atoms with van der Waals surface area (Å²) >= 11 is 0. The van der Waals surface area contributed by atoms with Gasteiger partial charge in [0.25, 0.3) is 0 Å². The minimum Gasteiger partial charge on any atom is -0.462 e. The van der Waals surface area contributed by atoms with Gasteiger partial charge in [0, 0.05) is 48.9 Å². The molecular formula is C38H43N7O3. The van der Waals surface area contributed by atoms with Crippen molar-refractivity contribution < 1.29 is 14.3 Å². The number of hydrogen-bond donors (Lipinski definition) is 0. The van der Waals surface area contributed by atoms with Crippen molar-refractivity contribution in [2.75, 3.05) is 62.2 Å². The van der Waals surface area contributed by atoms with Crippen molar-refractivity contribution in [2.45, 2.75) is 51.4 Å². The summed E-state index contributed by atoms with van der Waals surface area (Å²) < 4.78 is 12.1. The number of carbonyl (C=O) groups is 1. The molecule has 2 saturated heterocycles. The highest BCUT2D eigenvalue weighted by molar-refractivity contribution is 5.94. The number of benzene rings is 3. The van der Waals surface area contributed by atoms with Gasteiger partial charge in [0.05, 0.1) is 12.2 Å². The van der Waals surface area contributed by atoms with E-state index in [9.17, 15) is 4.79 Å². The van der Waals surface area contributed by atoms with Crippen LogP contribution in [0.2, 0.25) is 0 Å². The van der Waals surface area contributed by atoms with Gasteiger partial charge in [-0.1, -0.05) is 73.7 Å². The van der Waals surface area contributed by atoms with Crippen LogP contribution in [-0.2, 0) is 24.3 Å². The van der Waals surface area contributed by atoms with Crippen molar-refractivity contribution in [3.8, 4) is 6.01 Å². The number of likely N-dealkylation sites (N-methyl/N-ethyl adjacent to an activating group) is 1. The molecule has 2 fully saturated rings. The number of piperazine rings is 1. The van der Waals surface area contributed by atoms with Crippen LogP contribution in [0.1, 0.15) is 36.6 Å². The van der Waals surface area contributed by atoms with E-state index in [0.717, 1.165) is 55.1 Å². The van der Waals surface area contributed by atoms with Crippen LogP contribution >= 0.6 is 0 Å². The molecular weight excluding hydrogens is 602 g/mol. The van der Waals surface area contributed by atoms with Gasteiger partial charge < -0.3 is 24.1 Å². The molecule has 1 aromatic heterocycles. The Labute approximate surface area is 282 Å². The second kappa shape index (κ2) is 14.5. The van der Waals surface area contributed by atoms with Gasteiger partial charge in [-0.15, -0.1) is 0 Å². The van der Waals surface area contributed by atoms with Crippen LogP contribution in [0.4, 0.5) is 16.3 Å². The van der Waals surface area contributed by atoms with Crippen molar-refractivity contribution in [3.63, 3.8) is 0 Å². The average Bonchev–Trinajstić information content (AvgIpc) is 3.60. The normalized spacial score (nSPS) is 19.6. The molecule has 4 heterocycles. The fourth-order valence-electron chi connectivity index (χ4n) is 7.43. The minimum absolute atomic E-state index is 0.191. The zero-order valence-electron chi connectivity index (χ0n) is 27.6. The fourth-order valence-corrected chi connectivity index (χ4v) is 7.43. The average molecular weight is 646 g/mol. The zero-order valence-corrected chi connectivity index (χ0v) is 27.6. The lowest BCUT2D eigenvalue weighted by molar-refractivity contribution is 0.0788. The van der Waals surface area contributed by atoms with Crippen LogP contribution < -0.4 is 14.5 Å². The number of nitrogens with zero attached hydrogens (tertiary/aromatic N) is 7. The highest BCUT2D eigenvalue weighted by Crippen LogP contribution is 2.35. The fraction of sp³-hybridized carbons (Fsp3) is 0.421. The molecule has 0 aliphatic carbocycles. The molecule has 4 aromatic rings. The number of rotatable bonds is 9. The van der Waals surface area contributed by atoms with Crippen molar-refractivity contribution in [3.05, 3.63) is 101 Å². The Morgan fingerprint density at radius 2 is 1.77 bits per heavy atom. The first kappa shape index (κ1) is 31.7. The van der Waals surface area contributed by atoms with E-state index in [0.29, 0.717) is 44.8 Å². The van der Waals surface area contributed by atoms with Crippen molar-refractivity contribution in [2.24, 2.45) is 0 Å². The lowest BCUT2D eigenvalue weighted by Gasteiger charge is -2.40. The molecule has 48 heavy (non-hydrogen) atoms. The molecule has 0 bridgehead atoms. The van der Waals surface area contributed by atoms with Crippen LogP contribution in [0.5, 0.6) is 6.01 Å². The molecule has 0 N–H and O–H groups in total. The van der Waals surface area contributed by atoms with Gasteiger partial charge in [0.2, 0.25) is 6.54 Å². The summed E-state index contributed by atoms with van der Waals surface area (Å²) in [5.41, 5.74) is 4.23. The number of likely N-dealkylation sites (tertiary alicyclic amines) is 1. The van der Waals surface area contributed by atoms with Crippen LogP contribution in [0.15, 0.2) is 72.8 Å². The number of hydrogen-bond acceptors (Lipinski definition) is 8. The van der Waals surface area contributed by atoms with Gasteiger partial charge in [-0.05, 0) is 49.4 Å². The summed E-state index contributed by atoms with van der Waals surface area (Å²) in [4.78, 5) is 35.8. The Bertz CT molecular complexity index is 1770. The van der Waals surface area contributed by atoms with Gasteiger partial charge in [-0.3, -0.25) is 9.80 Å². The smallest absolute Gasteiger partial charge is 0.410 e. The maximum absolute atomic E-state index is 13.2. The van der Waals surface area contributed by atoms with Crippen LogP contribution in [-0.4, -0.2) is 90.4 Å². The Balaban J connectivity index is 1.15. The van der Waals surface area contributed by atoms with E-state index in [4.69, 9.17) is 26.0 Å². The molecule has 3 aliphatic rings. The van der Waals surface area contributed by atoms with Gasteiger partial charge in [0.1, 0.15) is 25.1 Å². The Morgan fingerprint density at radius 1 is 0.938 bits per heavy atom. The monoisotopic (exact) mass is 645 g/mol. The highest BCUT2D eigenvalue weighted by atomic mass is 16.6. The summed E-state index contributed by atoms with van der Waals surface area (Å²) in [5, 5.41) is 2.45. The molecule has 248 valence electrons. The third-order valence-corrected chi connectivity index (χ3v) is 9.96.